The van der Waals surface area contributed by atoms with Crippen molar-refractivity contribution in [2.75, 3.05) is 25.0 Å². The smallest absolute Gasteiger partial charge is 0.298 e. The molecule has 2 aromatic rings. The first kappa shape index (κ1) is 14.8. The first-order chi connectivity index (χ1) is 11.1. The molecule has 1 aromatic carbocycles. The molecule has 2 heterocycles. The monoisotopic (exact) mass is 333 g/mol. The summed E-state index contributed by atoms with van der Waals surface area (Å²) in [6.45, 7) is 1.68. The van der Waals surface area contributed by atoms with Crippen LogP contribution in [-0.4, -0.2) is 42.0 Å². The molecule has 5 nitrogen and oxygen atoms in total. The van der Waals surface area contributed by atoms with Crippen molar-refractivity contribution in [1.29, 1.82) is 0 Å². The van der Waals surface area contributed by atoms with Crippen LogP contribution in [0.4, 0.5) is 6.01 Å². The van der Waals surface area contributed by atoms with Crippen LogP contribution in [0, 0.1) is 5.92 Å². The maximum absolute atomic E-state index is 12.3. The van der Waals surface area contributed by atoms with Crippen LogP contribution in [0.1, 0.15) is 25.7 Å². The van der Waals surface area contributed by atoms with Crippen LogP contribution in [-0.2, 0) is 4.79 Å². The van der Waals surface area contributed by atoms with Gasteiger partial charge < -0.3 is 14.2 Å². The van der Waals surface area contributed by atoms with E-state index in [1.807, 2.05) is 24.1 Å². The van der Waals surface area contributed by atoms with Gasteiger partial charge in [0, 0.05) is 43.2 Å². The maximum atomic E-state index is 12.3. The number of aromatic nitrogens is 1. The number of likely N-dealkylation sites (N-methyl/N-ethyl adjacent to an activating group) is 1. The van der Waals surface area contributed by atoms with Crippen molar-refractivity contribution in [3.05, 3.63) is 23.2 Å². The van der Waals surface area contributed by atoms with E-state index in [0.717, 1.165) is 44.3 Å². The van der Waals surface area contributed by atoms with Crippen LogP contribution >= 0.6 is 11.6 Å². The van der Waals surface area contributed by atoms with Crippen molar-refractivity contribution >= 4 is 34.6 Å². The molecule has 2 fully saturated rings. The lowest BCUT2D eigenvalue weighted by Crippen LogP contribution is -2.49. The second-order valence-electron chi connectivity index (χ2n) is 6.57. The van der Waals surface area contributed by atoms with Gasteiger partial charge in [0.05, 0.1) is 0 Å². The molecule has 0 bridgehead atoms. The fourth-order valence-corrected chi connectivity index (χ4v) is 3.43. The standard InChI is InChI=1S/C17H20ClN3O2/c1-20(16(22)11-4-5-11)13-3-2-8-21(10-13)17-19-14-7-6-12(18)9-15(14)23-17/h6-7,9,11,13H,2-5,8,10H2,1H3. The summed E-state index contributed by atoms with van der Waals surface area (Å²) in [5, 5.41) is 0.645. The Bertz CT molecular complexity index is 741. The topological polar surface area (TPSA) is 49.6 Å². The summed E-state index contributed by atoms with van der Waals surface area (Å²) in [4.78, 5) is 20.9. The summed E-state index contributed by atoms with van der Waals surface area (Å²) >= 11 is 6.00. The molecule has 1 saturated carbocycles. The Kier molecular flexibility index (Phi) is 3.68. The van der Waals surface area contributed by atoms with Crippen molar-refractivity contribution < 1.29 is 9.21 Å². The zero-order valence-electron chi connectivity index (χ0n) is 13.2. The number of amides is 1. The van der Waals surface area contributed by atoms with Gasteiger partial charge in [-0.15, -0.1) is 0 Å². The number of halogens is 1. The molecule has 0 spiro atoms. The van der Waals surface area contributed by atoms with E-state index >= 15 is 0 Å². The summed E-state index contributed by atoms with van der Waals surface area (Å²) in [7, 11) is 1.93. The summed E-state index contributed by atoms with van der Waals surface area (Å²) < 4.78 is 5.86. The number of carbonyl (C=O) groups is 1. The average Bonchev–Trinajstić information content (AvgIpc) is 3.33. The number of rotatable bonds is 3. The zero-order valence-corrected chi connectivity index (χ0v) is 13.9. The second-order valence-corrected chi connectivity index (χ2v) is 7.01. The lowest BCUT2D eigenvalue weighted by molar-refractivity contribution is -0.133. The van der Waals surface area contributed by atoms with E-state index in [-0.39, 0.29) is 12.0 Å². The van der Waals surface area contributed by atoms with Gasteiger partial charge in [-0.1, -0.05) is 11.6 Å². The molecule has 1 atom stereocenters. The molecule has 122 valence electrons. The fourth-order valence-electron chi connectivity index (χ4n) is 3.26. The third-order valence-electron chi connectivity index (χ3n) is 4.83. The molecule has 4 rings (SSSR count). The SMILES string of the molecule is CN(C(=O)C1CC1)C1CCCN(c2nc3ccc(Cl)cc3o2)C1. The minimum Gasteiger partial charge on any atom is -0.423 e. The molecule has 1 saturated heterocycles. The van der Waals surface area contributed by atoms with Crippen LogP contribution in [0.15, 0.2) is 22.6 Å². The zero-order chi connectivity index (χ0) is 16.0. The Morgan fingerprint density at radius 3 is 3.00 bits per heavy atom. The summed E-state index contributed by atoms with van der Waals surface area (Å²) in [6.07, 6.45) is 4.17. The third-order valence-corrected chi connectivity index (χ3v) is 5.06. The highest BCUT2D eigenvalue weighted by Gasteiger charge is 2.36. The lowest BCUT2D eigenvalue weighted by Gasteiger charge is -2.37. The first-order valence-electron chi connectivity index (χ1n) is 8.19. The van der Waals surface area contributed by atoms with Crippen LogP contribution in [0.3, 0.4) is 0 Å². The average molecular weight is 334 g/mol. The van der Waals surface area contributed by atoms with Crippen molar-refractivity contribution in [2.24, 2.45) is 5.92 Å². The molecule has 1 unspecified atom stereocenters. The normalized spacial score (nSPS) is 21.7. The number of piperidine rings is 1. The molecule has 0 radical (unpaired) electrons. The Labute approximate surface area is 140 Å². The Morgan fingerprint density at radius 1 is 1.39 bits per heavy atom. The van der Waals surface area contributed by atoms with Gasteiger partial charge in [0.1, 0.15) is 5.52 Å². The van der Waals surface area contributed by atoms with Gasteiger partial charge in [0.25, 0.3) is 6.01 Å². The number of nitrogens with zero attached hydrogens (tertiary/aromatic N) is 3. The van der Waals surface area contributed by atoms with Gasteiger partial charge >= 0.3 is 0 Å². The molecule has 0 N–H and O–H groups in total. The number of anilines is 1. The second kappa shape index (κ2) is 5.71. The minimum atomic E-state index is 0.232. The van der Waals surface area contributed by atoms with Crippen LogP contribution in [0.25, 0.3) is 11.1 Å². The van der Waals surface area contributed by atoms with Crippen LogP contribution < -0.4 is 4.90 Å². The van der Waals surface area contributed by atoms with Gasteiger partial charge in [0.15, 0.2) is 5.58 Å². The lowest BCUT2D eigenvalue weighted by atomic mass is 10.0. The van der Waals surface area contributed by atoms with E-state index in [0.29, 0.717) is 22.5 Å². The van der Waals surface area contributed by atoms with E-state index in [4.69, 9.17) is 16.0 Å². The fraction of sp³-hybridized carbons (Fsp3) is 0.529. The number of carbonyl (C=O) groups excluding carboxylic acids is 1. The number of benzene rings is 1. The Morgan fingerprint density at radius 2 is 2.22 bits per heavy atom. The molecular weight excluding hydrogens is 314 g/mol. The maximum Gasteiger partial charge on any atom is 0.298 e. The first-order valence-corrected chi connectivity index (χ1v) is 8.57. The number of fused-ring (bicyclic) bond motifs is 1. The highest BCUT2D eigenvalue weighted by atomic mass is 35.5. The Hall–Kier alpha value is -1.75. The molecule has 1 aliphatic carbocycles. The molecular formula is C17H20ClN3O2. The van der Waals surface area contributed by atoms with Gasteiger partial charge in [-0.25, -0.2) is 0 Å². The predicted molar refractivity (Wildman–Crippen MR) is 89.7 cm³/mol. The highest BCUT2D eigenvalue weighted by Crippen LogP contribution is 2.33. The van der Waals surface area contributed by atoms with Gasteiger partial charge in [-0.3, -0.25) is 4.79 Å². The Balaban J connectivity index is 1.52. The van der Waals surface area contributed by atoms with E-state index in [1.165, 1.54) is 0 Å². The van der Waals surface area contributed by atoms with Crippen molar-refractivity contribution in [3.63, 3.8) is 0 Å². The number of hydrogen-bond donors (Lipinski definition) is 0. The quantitative estimate of drug-likeness (QED) is 0.864. The third kappa shape index (κ3) is 2.90. The largest absolute Gasteiger partial charge is 0.423 e. The van der Waals surface area contributed by atoms with Crippen molar-refractivity contribution in [2.45, 2.75) is 31.7 Å². The van der Waals surface area contributed by atoms with Crippen LogP contribution in [0.2, 0.25) is 5.02 Å². The number of oxazole rings is 1. The summed E-state index contributed by atoms with van der Waals surface area (Å²) in [5.41, 5.74) is 1.52. The number of hydrogen-bond acceptors (Lipinski definition) is 4. The van der Waals surface area contributed by atoms with Crippen molar-refractivity contribution in [3.8, 4) is 0 Å². The molecule has 2 aliphatic rings. The molecule has 1 aliphatic heterocycles. The molecule has 23 heavy (non-hydrogen) atoms. The molecule has 6 heteroatoms. The molecule has 1 amide bonds. The van der Waals surface area contributed by atoms with E-state index in [2.05, 4.69) is 9.88 Å². The van der Waals surface area contributed by atoms with E-state index in [9.17, 15) is 4.79 Å². The van der Waals surface area contributed by atoms with Crippen LogP contribution in [0.5, 0.6) is 0 Å². The van der Waals surface area contributed by atoms with Gasteiger partial charge in [0.2, 0.25) is 5.91 Å². The minimum absolute atomic E-state index is 0.232. The van der Waals surface area contributed by atoms with Gasteiger partial charge in [-0.2, -0.15) is 4.98 Å². The van der Waals surface area contributed by atoms with E-state index in [1.54, 1.807) is 6.07 Å². The van der Waals surface area contributed by atoms with Gasteiger partial charge in [-0.05, 0) is 37.8 Å². The van der Waals surface area contributed by atoms with Crippen molar-refractivity contribution in [1.82, 2.24) is 9.88 Å². The summed E-state index contributed by atoms with van der Waals surface area (Å²) in [5.74, 6) is 0.558. The highest BCUT2D eigenvalue weighted by molar-refractivity contribution is 6.31. The summed E-state index contributed by atoms with van der Waals surface area (Å²) in [6, 6.07) is 6.33. The predicted octanol–water partition coefficient (Wildman–Crippen LogP) is 3.32. The molecule has 1 aromatic heterocycles. The van der Waals surface area contributed by atoms with E-state index < -0.39 is 0 Å².